The predicted octanol–water partition coefficient (Wildman–Crippen LogP) is 7.83. The third kappa shape index (κ3) is 7.63. The molecule has 4 aromatic carbocycles. The molecule has 2 saturated heterocycles. The van der Waals surface area contributed by atoms with Crippen molar-refractivity contribution in [2.45, 2.75) is 26.4 Å². The largest absolute Gasteiger partial charge is 0.482 e. The fraction of sp³-hybridized carbons (Fsp3) is 0.326. The molecule has 16 heteroatoms. The van der Waals surface area contributed by atoms with Crippen LogP contribution < -0.4 is 24.6 Å². The van der Waals surface area contributed by atoms with Crippen molar-refractivity contribution in [2.24, 2.45) is 11.8 Å². The first-order valence-electron chi connectivity index (χ1n) is 19.3. The summed E-state index contributed by atoms with van der Waals surface area (Å²) in [7, 11) is 0. The number of fused-ring (bicyclic) bond motifs is 4. The van der Waals surface area contributed by atoms with Gasteiger partial charge in [0.15, 0.2) is 24.7 Å². The first kappa shape index (κ1) is 38.7. The van der Waals surface area contributed by atoms with E-state index in [1.807, 2.05) is 75.4 Å². The predicted molar refractivity (Wildman–Crippen MR) is 222 cm³/mol. The van der Waals surface area contributed by atoms with E-state index < -0.39 is 5.60 Å². The van der Waals surface area contributed by atoms with Crippen molar-refractivity contribution in [3.05, 3.63) is 82.8 Å². The standard InChI is InChI=1S/C24H24ClN3O5.C19H16ClN3O3/c1-24(2,3)32-23(30)27-10-14(11-27)12-28-19-9-17(25)16(8-20(19)31-13-21(28)29)22-15-6-4-5-7-18(15)26-33-22;20-14-6-16-17(25-10-18(24)23(16)9-11-7-21-8-11)5-13(14)19-12-3-1-2-4-15(12)22-26-19/h4-9,14H,10-13H2,1-3H3;1-6,11,21H,7-10H2. The Morgan fingerprint density at radius 1 is 0.746 bits per heavy atom. The highest BCUT2D eigenvalue weighted by atomic mass is 35.5. The summed E-state index contributed by atoms with van der Waals surface area (Å²) in [6.45, 7) is 9.54. The molecule has 4 aliphatic rings. The second kappa shape index (κ2) is 15.4. The van der Waals surface area contributed by atoms with E-state index in [4.69, 9.17) is 46.5 Å². The highest BCUT2D eigenvalue weighted by Gasteiger charge is 2.38. The number of amides is 3. The van der Waals surface area contributed by atoms with Crippen LogP contribution in [-0.4, -0.2) is 91.2 Å². The van der Waals surface area contributed by atoms with Gasteiger partial charge in [-0.2, -0.15) is 0 Å². The van der Waals surface area contributed by atoms with Gasteiger partial charge in [-0.15, -0.1) is 0 Å². The van der Waals surface area contributed by atoms with Crippen molar-refractivity contribution >= 4 is 74.3 Å². The Morgan fingerprint density at radius 2 is 1.22 bits per heavy atom. The van der Waals surface area contributed by atoms with Gasteiger partial charge in [-0.25, -0.2) is 4.79 Å². The van der Waals surface area contributed by atoms with E-state index in [2.05, 4.69) is 15.6 Å². The molecule has 4 aliphatic heterocycles. The molecule has 14 nitrogen and oxygen atoms in total. The van der Waals surface area contributed by atoms with Gasteiger partial charge in [-0.1, -0.05) is 57.8 Å². The fourth-order valence-electron chi connectivity index (χ4n) is 7.51. The Labute approximate surface area is 348 Å². The minimum Gasteiger partial charge on any atom is -0.482 e. The van der Waals surface area contributed by atoms with E-state index >= 15 is 0 Å². The van der Waals surface area contributed by atoms with Gasteiger partial charge in [0.25, 0.3) is 11.8 Å². The van der Waals surface area contributed by atoms with Crippen LogP contribution >= 0.6 is 23.2 Å². The summed E-state index contributed by atoms with van der Waals surface area (Å²) in [5.41, 5.74) is 3.65. The van der Waals surface area contributed by atoms with E-state index in [9.17, 15) is 14.4 Å². The number of halogens is 2. The molecule has 6 heterocycles. The smallest absolute Gasteiger partial charge is 0.410 e. The van der Waals surface area contributed by atoms with E-state index in [1.165, 1.54) is 0 Å². The number of anilines is 2. The summed E-state index contributed by atoms with van der Waals surface area (Å²) < 4.78 is 27.9. The lowest BCUT2D eigenvalue weighted by Gasteiger charge is -2.42. The molecule has 0 bridgehead atoms. The average molecular weight is 840 g/mol. The summed E-state index contributed by atoms with van der Waals surface area (Å²) in [6, 6.07) is 22.4. The lowest BCUT2D eigenvalue weighted by molar-refractivity contribution is -0.122. The number of rotatable bonds is 6. The van der Waals surface area contributed by atoms with E-state index in [0.29, 0.717) is 87.7 Å². The Bertz CT molecular complexity index is 2610. The minimum atomic E-state index is -0.537. The SMILES string of the molecule is CC(C)(C)OC(=O)N1CC(CN2C(=O)COc3cc(-c4onc5ccccc45)c(Cl)cc32)C1.O=C1COc2cc(-c3onc4ccccc34)c(Cl)cc2N1CC1CNC1. The lowest BCUT2D eigenvalue weighted by atomic mass is 9.99. The van der Waals surface area contributed by atoms with Crippen LogP contribution in [0.2, 0.25) is 10.0 Å². The number of nitrogens with one attached hydrogen (secondary N) is 1. The van der Waals surface area contributed by atoms with Gasteiger partial charge in [-0.3, -0.25) is 9.59 Å². The Kier molecular flexibility index (Phi) is 10.1. The zero-order valence-electron chi connectivity index (χ0n) is 32.5. The van der Waals surface area contributed by atoms with Crippen molar-refractivity contribution in [1.29, 1.82) is 0 Å². The third-order valence-electron chi connectivity index (χ3n) is 10.6. The average Bonchev–Trinajstić information content (AvgIpc) is 3.80. The monoisotopic (exact) mass is 838 g/mol. The minimum absolute atomic E-state index is 0.0331. The lowest BCUT2D eigenvalue weighted by Crippen LogP contribution is -2.56. The molecular weight excluding hydrogens is 799 g/mol. The molecule has 2 aromatic heterocycles. The molecule has 0 atom stereocenters. The van der Waals surface area contributed by atoms with E-state index in [1.54, 1.807) is 32.9 Å². The van der Waals surface area contributed by atoms with Gasteiger partial charge in [0, 0.05) is 73.0 Å². The van der Waals surface area contributed by atoms with Crippen LogP contribution in [0.1, 0.15) is 20.8 Å². The molecule has 0 spiro atoms. The second-order valence-electron chi connectivity index (χ2n) is 16.0. The zero-order valence-corrected chi connectivity index (χ0v) is 34.0. The molecular formula is C43H40Cl2N6O8. The molecule has 0 radical (unpaired) electrons. The summed E-state index contributed by atoms with van der Waals surface area (Å²) >= 11 is 13.2. The maximum Gasteiger partial charge on any atom is 0.410 e. The molecule has 0 unspecified atom stereocenters. The summed E-state index contributed by atoms with van der Waals surface area (Å²) in [4.78, 5) is 42.3. The quantitative estimate of drug-likeness (QED) is 0.175. The van der Waals surface area contributed by atoms with Crippen LogP contribution in [0.5, 0.6) is 11.5 Å². The topological polar surface area (TPSA) is 153 Å². The number of likely N-dealkylation sites (tertiary alicyclic amines) is 1. The van der Waals surface area contributed by atoms with Crippen LogP contribution in [0.25, 0.3) is 44.5 Å². The highest BCUT2D eigenvalue weighted by Crippen LogP contribution is 2.45. The molecule has 304 valence electrons. The normalized spacial score (nSPS) is 16.7. The van der Waals surface area contributed by atoms with Gasteiger partial charge in [0.2, 0.25) is 0 Å². The van der Waals surface area contributed by atoms with Gasteiger partial charge in [-0.05, 0) is 69.3 Å². The third-order valence-corrected chi connectivity index (χ3v) is 11.2. The Balaban J connectivity index is 0.000000156. The van der Waals surface area contributed by atoms with Crippen LogP contribution in [0.15, 0.2) is 81.8 Å². The maximum atomic E-state index is 12.7. The van der Waals surface area contributed by atoms with E-state index in [0.717, 1.165) is 34.9 Å². The summed E-state index contributed by atoms with van der Waals surface area (Å²) in [5.74, 6) is 2.76. The molecule has 6 aromatic rings. The van der Waals surface area contributed by atoms with Gasteiger partial charge in [0.05, 0.1) is 21.4 Å². The molecule has 3 amide bonds. The summed E-state index contributed by atoms with van der Waals surface area (Å²) in [6.07, 6.45) is -0.334. The number of carbonyl (C=O) groups is 3. The first-order valence-corrected chi connectivity index (χ1v) is 20.1. The number of aromatic nitrogens is 2. The molecule has 0 saturated carbocycles. The molecule has 2 fully saturated rings. The van der Waals surface area contributed by atoms with Gasteiger partial charge in [0.1, 0.15) is 28.1 Å². The van der Waals surface area contributed by atoms with Crippen LogP contribution in [0.4, 0.5) is 16.2 Å². The van der Waals surface area contributed by atoms with Gasteiger partial charge >= 0.3 is 6.09 Å². The van der Waals surface area contributed by atoms with Crippen molar-refractivity contribution in [3.8, 4) is 34.1 Å². The van der Waals surface area contributed by atoms with Crippen LogP contribution in [-0.2, 0) is 14.3 Å². The summed E-state index contributed by atoms with van der Waals surface area (Å²) in [5, 5.41) is 14.1. The molecule has 0 aliphatic carbocycles. The highest BCUT2D eigenvalue weighted by molar-refractivity contribution is 6.34. The Hall–Kier alpha value is -5.83. The van der Waals surface area contributed by atoms with E-state index in [-0.39, 0.29) is 37.0 Å². The molecule has 10 rings (SSSR count). The molecule has 59 heavy (non-hydrogen) atoms. The number of nitrogens with zero attached hydrogens (tertiary/aromatic N) is 5. The zero-order chi connectivity index (χ0) is 41.0. The number of benzene rings is 4. The van der Waals surface area contributed by atoms with Crippen LogP contribution in [0.3, 0.4) is 0 Å². The Morgan fingerprint density at radius 3 is 1.68 bits per heavy atom. The van der Waals surface area contributed by atoms with Crippen LogP contribution in [0, 0.1) is 11.8 Å². The van der Waals surface area contributed by atoms with Gasteiger partial charge < -0.3 is 43.3 Å². The van der Waals surface area contributed by atoms with Crippen molar-refractivity contribution in [3.63, 3.8) is 0 Å². The molecule has 1 N–H and O–H groups in total. The van der Waals surface area contributed by atoms with Crippen molar-refractivity contribution in [1.82, 2.24) is 20.5 Å². The second-order valence-corrected chi connectivity index (χ2v) is 16.8. The number of carbonyl (C=O) groups excluding carboxylic acids is 3. The number of hydrogen-bond acceptors (Lipinski definition) is 11. The fourth-order valence-corrected chi connectivity index (χ4v) is 8.00. The van der Waals surface area contributed by atoms with Crippen molar-refractivity contribution < 1.29 is 37.6 Å². The van der Waals surface area contributed by atoms with Crippen molar-refractivity contribution in [2.75, 3.05) is 62.3 Å². The number of ether oxygens (including phenoxy) is 3. The maximum absolute atomic E-state index is 12.7. The first-order chi connectivity index (χ1) is 28.4. The number of hydrogen-bond donors (Lipinski definition) is 1.